The molecule has 0 fully saturated rings. The SMILES string of the molecule is O=C(O)c1nnc(CCc2cccnc2)o1. The van der Waals surface area contributed by atoms with Gasteiger partial charge in [0.2, 0.25) is 5.89 Å². The Hall–Kier alpha value is -2.24. The highest BCUT2D eigenvalue weighted by molar-refractivity contribution is 5.81. The van der Waals surface area contributed by atoms with E-state index in [4.69, 9.17) is 9.52 Å². The third-order valence-corrected chi connectivity index (χ3v) is 2.00. The molecule has 0 atom stereocenters. The average Bonchev–Trinajstić information content (AvgIpc) is 2.76. The number of aromatic nitrogens is 3. The first-order valence-corrected chi connectivity index (χ1v) is 4.70. The zero-order valence-corrected chi connectivity index (χ0v) is 8.33. The molecular formula is C10H9N3O3. The predicted molar refractivity (Wildman–Crippen MR) is 52.9 cm³/mol. The van der Waals surface area contributed by atoms with Crippen molar-refractivity contribution in [3.63, 3.8) is 0 Å². The third-order valence-electron chi connectivity index (χ3n) is 2.00. The summed E-state index contributed by atoms with van der Waals surface area (Å²) in [6, 6.07) is 3.77. The summed E-state index contributed by atoms with van der Waals surface area (Å²) in [5, 5.41) is 15.6. The fourth-order valence-corrected chi connectivity index (χ4v) is 1.24. The molecule has 0 radical (unpaired) electrons. The van der Waals surface area contributed by atoms with Crippen LogP contribution in [0.25, 0.3) is 0 Å². The smallest absolute Gasteiger partial charge is 0.393 e. The molecule has 0 bridgehead atoms. The second kappa shape index (κ2) is 4.52. The lowest BCUT2D eigenvalue weighted by atomic mass is 10.2. The Kier molecular flexibility index (Phi) is 2.90. The number of carboxylic acids is 1. The van der Waals surface area contributed by atoms with E-state index >= 15 is 0 Å². The minimum atomic E-state index is -1.21. The van der Waals surface area contributed by atoms with E-state index in [1.165, 1.54) is 0 Å². The van der Waals surface area contributed by atoms with Crippen molar-refractivity contribution >= 4 is 5.97 Å². The van der Waals surface area contributed by atoms with E-state index < -0.39 is 5.97 Å². The molecule has 0 unspecified atom stereocenters. The normalized spacial score (nSPS) is 10.2. The zero-order chi connectivity index (χ0) is 11.4. The lowest BCUT2D eigenvalue weighted by Crippen LogP contribution is -1.95. The van der Waals surface area contributed by atoms with Crippen molar-refractivity contribution in [2.24, 2.45) is 0 Å². The van der Waals surface area contributed by atoms with E-state index in [1.807, 2.05) is 12.1 Å². The van der Waals surface area contributed by atoms with Gasteiger partial charge in [-0.25, -0.2) is 4.79 Å². The van der Waals surface area contributed by atoms with Crippen LogP contribution in [0.15, 0.2) is 28.9 Å². The number of hydrogen-bond acceptors (Lipinski definition) is 5. The lowest BCUT2D eigenvalue weighted by molar-refractivity contribution is 0.0651. The highest BCUT2D eigenvalue weighted by Gasteiger charge is 2.12. The molecule has 0 aromatic carbocycles. The van der Waals surface area contributed by atoms with Crippen molar-refractivity contribution in [2.75, 3.05) is 0 Å². The van der Waals surface area contributed by atoms with Crippen molar-refractivity contribution in [3.05, 3.63) is 41.9 Å². The second-order valence-corrected chi connectivity index (χ2v) is 3.17. The van der Waals surface area contributed by atoms with Gasteiger partial charge in [-0.2, -0.15) is 0 Å². The Bertz CT molecular complexity index is 481. The number of aryl methyl sites for hydroxylation is 2. The molecule has 2 aromatic rings. The highest BCUT2D eigenvalue weighted by atomic mass is 16.4. The summed E-state index contributed by atoms with van der Waals surface area (Å²) in [4.78, 5) is 14.5. The molecule has 6 heteroatoms. The minimum absolute atomic E-state index is 0.321. The maximum atomic E-state index is 10.5. The molecule has 2 rings (SSSR count). The Morgan fingerprint density at radius 1 is 1.38 bits per heavy atom. The number of aromatic carboxylic acids is 1. The van der Waals surface area contributed by atoms with Gasteiger partial charge in [-0.15, -0.1) is 10.2 Å². The number of carbonyl (C=O) groups is 1. The van der Waals surface area contributed by atoms with Gasteiger partial charge in [0.1, 0.15) is 0 Å². The largest absolute Gasteiger partial charge is 0.474 e. The minimum Gasteiger partial charge on any atom is -0.474 e. The molecule has 2 aromatic heterocycles. The van der Waals surface area contributed by atoms with Crippen LogP contribution in [-0.4, -0.2) is 26.3 Å². The van der Waals surface area contributed by atoms with Crippen LogP contribution < -0.4 is 0 Å². The number of nitrogens with zero attached hydrogens (tertiary/aromatic N) is 3. The van der Waals surface area contributed by atoms with Crippen LogP contribution in [0.5, 0.6) is 0 Å². The van der Waals surface area contributed by atoms with Crippen LogP contribution in [0.4, 0.5) is 0 Å². The van der Waals surface area contributed by atoms with Crippen molar-refractivity contribution in [1.82, 2.24) is 15.2 Å². The predicted octanol–water partition coefficient (Wildman–Crippen LogP) is 0.948. The van der Waals surface area contributed by atoms with E-state index in [9.17, 15) is 4.79 Å². The van der Waals surface area contributed by atoms with E-state index in [2.05, 4.69) is 15.2 Å². The second-order valence-electron chi connectivity index (χ2n) is 3.17. The number of carboxylic acid groups (broad SMARTS) is 1. The van der Waals surface area contributed by atoms with Crippen LogP contribution >= 0.6 is 0 Å². The highest BCUT2D eigenvalue weighted by Crippen LogP contribution is 2.05. The van der Waals surface area contributed by atoms with E-state index in [0.29, 0.717) is 18.7 Å². The number of hydrogen-bond donors (Lipinski definition) is 1. The molecule has 82 valence electrons. The van der Waals surface area contributed by atoms with Gasteiger partial charge in [0.15, 0.2) is 0 Å². The van der Waals surface area contributed by atoms with Crippen LogP contribution in [0.1, 0.15) is 22.1 Å². The maximum Gasteiger partial charge on any atom is 0.393 e. The molecule has 16 heavy (non-hydrogen) atoms. The quantitative estimate of drug-likeness (QED) is 0.823. The summed E-state index contributed by atoms with van der Waals surface area (Å²) < 4.78 is 4.92. The Labute approximate surface area is 91.0 Å². The summed E-state index contributed by atoms with van der Waals surface area (Å²) >= 11 is 0. The van der Waals surface area contributed by atoms with E-state index in [1.54, 1.807) is 12.4 Å². The Morgan fingerprint density at radius 2 is 2.25 bits per heavy atom. The fourth-order valence-electron chi connectivity index (χ4n) is 1.24. The molecule has 1 N–H and O–H groups in total. The summed E-state index contributed by atoms with van der Waals surface area (Å²) in [6.45, 7) is 0. The first-order chi connectivity index (χ1) is 7.75. The monoisotopic (exact) mass is 219 g/mol. The van der Waals surface area contributed by atoms with Crippen LogP contribution in [0, 0.1) is 0 Å². The molecule has 0 aliphatic rings. The van der Waals surface area contributed by atoms with Gasteiger partial charge in [-0.1, -0.05) is 6.07 Å². The van der Waals surface area contributed by atoms with Gasteiger partial charge in [0.25, 0.3) is 0 Å². The summed E-state index contributed by atoms with van der Waals surface area (Å²) in [7, 11) is 0. The summed E-state index contributed by atoms with van der Waals surface area (Å²) in [6.07, 6.45) is 4.63. The lowest BCUT2D eigenvalue weighted by Gasteiger charge is -1.95. The summed E-state index contributed by atoms with van der Waals surface area (Å²) in [5.41, 5.74) is 1.04. The molecule has 0 saturated carbocycles. The number of pyridine rings is 1. The van der Waals surface area contributed by atoms with E-state index in [0.717, 1.165) is 5.56 Å². The van der Waals surface area contributed by atoms with Crippen LogP contribution in [0.2, 0.25) is 0 Å². The van der Waals surface area contributed by atoms with Gasteiger partial charge >= 0.3 is 11.9 Å². The molecule has 0 aliphatic carbocycles. The molecule has 2 heterocycles. The average molecular weight is 219 g/mol. The molecular weight excluding hydrogens is 210 g/mol. The van der Waals surface area contributed by atoms with Crippen molar-refractivity contribution < 1.29 is 14.3 Å². The summed E-state index contributed by atoms with van der Waals surface area (Å²) in [5.74, 6) is -1.26. The standard InChI is InChI=1S/C10H9N3O3/c14-10(15)9-13-12-8(16-9)4-3-7-2-1-5-11-6-7/h1-2,5-6H,3-4H2,(H,14,15). The third kappa shape index (κ3) is 2.41. The van der Waals surface area contributed by atoms with Crippen molar-refractivity contribution in [1.29, 1.82) is 0 Å². The van der Waals surface area contributed by atoms with Crippen molar-refractivity contribution in [2.45, 2.75) is 12.8 Å². The first-order valence-electron chi connectivity index (χ1n) is 4.70. The molecule has 0 spiro atoms. The zero-order valence-electron chi connectivity index (χ0n) is 8.33. The molecule has 0 saturated heterocycles. The topological polar surface area (TPSA) is 89.1 Å². The fraction of sp³-hybridized carbons (Fsp3) is 0.200. The van der Waals surface area contributed by atoms with Crippen LogP contribution in [-0.2, 0) is 12.8 Å². The van der Waals surface area contributed by atoms with Crippen LogP contribution in [0.3, 0.4) is 0 Å². The molecule has 0 aliphatic heterocycles. The number of rotatable bonds is 4. The maximum absolute atomic E-state index is 10.5. The van der Waals surface area contributed by atoms with Gasteiger partial charge in [-0.05, 0) is 18.1 Å². The van der Waals surface area contributed by atoms with Gasteiger partial charge in [0, 0.05) is 18.8 Å². The van der Waals surface area contributed by atoms with Gasteiger partial charge in [-0.3, -0.25) is 4.98 Å². The van der Waals surface area contributed by atoms with Crippen molar-refractivity contribution in [3.8, 4) is 0 Å². The molecule has 6 nitrogen and oxygen atoms in total. The Morgan fingerprint density at radius 3 is 2.88 bits per heavy atom. The van der Waals surface area contributed by atoms with Gasteiger partial charge < -0.3 is 9.52 Å². The Balaban J connectivity index is 1.97. The molecule has 0 amide bonds. The first kappa shape index (κ1) is 10.3. The van der Waals surface area contributed by atoms with Gasteiger partial charge in [0.05, 0.1) is 0 Å². The van der Waals surface area contributed by atoms with E-state index in [-0.39, 0.29) is 5.89 Å².